The molecule has 1 aliphatic heterocycles. The van der Waals surface area contributed by atoms with Gasteiger partial charge < -0.3 is 15.4 Å². The number of hydrogen-bond donors (Lipinski definition) is 1. The molecule has 3 heteroatoms. The summed E-state index contributed by atoms with van der Waals surface area (Å²) >= 11 is 0. The third-order valence-corrected chi connectivity index (χ3v) is 3.60. The molecule has 86 valence electrons. The van der Waals surface area contributed by atoms with E-state index in [9.17, 15) is 0 Å². The summed E-state index contributed by atoms with van der Waals surface area (Å²) in [4.78, 5) is 2.44. The van der Waals surface area contributed by atoms with Crippen LogP contribution in [0.15, 0.2) is 24.3 Å². The minimum absolute atomic E-state index is 0.566. The third kappa shape index (κ3) is 1.76. The second-order valence-electron chi connectivity index (χ2n) is 4.99. The SMILES string of the molecule is NCCOc1ccc(N2CC3(CC3)C2)cc1. The van der Waals surface area contributed by atoms with Gasteiger partial charge in [-0.25, -0.2) is 0 Å². The molecule has 0 radical (unpaired) electrons. The Kier molecular flexibility index (Phi) is 2.28. The van der Waals surface area contributed by atoms with Gasteiger partial charge in [0.05, 0.1) is 0 Å². The quantitative estimate of drug-likeness (QED) is 0.834. The van der Waals surface area contributed by atoms with Crippen molar-refractivity contribution in [3.8, 4) is 5.75 Å². The van der Waals surface area contributed by atoms with Gasteiger partial charge in [-0.3, -0.25) is 0 Å². The standard InChI is InChI=1S/C13H18N2O/c14-7-8-16-12-3-1-11(2-4-12)15-9-13(10-15)5-6-13/h1-4H,5-10,14H2. The minimum atomic E-state index is 0.566. The van der Waals surface area contributed by atoms with E-state index < -0.39 is 0 Å². The molecule has 0 bridgehead atoms. The van der Waals surface area contributed by atoms with Gasteiger partial charge in [-0.15, -0.1) is 0 Å². The van der Waals surface area contributed by atoms with Crippen molar-refractivity contribution < 1.29 is 4.74 Å². The Morgan fingerprint density at radius 1 is 1.19 bits per heavy atom. The van der Waals surface area contributed by atoms with E-state index in [1.165, 1.54) is 31.6 Å². The van der Waals surface area contributed by atoms with Crippen LogP contribution in [0.4, 0.5) is 5.69 Å². The van der Waals surface area contributed by atoms with Crippen LogP contribution in [0.25, 0.3) is 0 Å². The van der Waals surface area contributed by atoms with E-state index in [0.29, 0.717) is 18.6 Å². The number of ether oxygens (including phenoxy) is 1. The first-order valence-electron chi connectivity index (χ1n) is 5.99. The smallest absolute Gasteiger partial charge is 0.119 e. The van der Waals surface area contributed by atoms with Crippen molar-refractivity contribution in [2.45, 2.75) is 12.8 Å². The number of benzene rings is 1. The summed E-state index contributed by atoms with van der Waals surface area (Å²) in [6.07, 6.45) is 2.86. The molecule has 0 unspecified atom stereocenters. The fourth-order valence-corrected chi connectivity index (χ4v) is 2.37. The largest absolute Gasteiger partial charge is 0.492 e. The lowest BCUT2D eigenvalue weighted by Gasteiger charge is -2.41. The molecule has 1 aliphatic carbocycles. The van der Waals surface area contributed by atoms with Crippen LogP contribution in [0.1, 0.15) is 12.8 Å². The van der Waals surface area contributed by atoms with Crippen LogP contribution < -0.4 is 15.4 Å². The Morgan fingerprint density at radius 3 is 2.44 bits per heavy atom. The molecule has 1 heterocycles. The first-order valence-corrected chi connectivity index (χ1v) is 5.99. The summed E-state index contributed by atoms with van der Waals surface area (Å²) in [5, 5.41) is 0. The Labute approximate surface area is 96.2 Å². The summed E-state index contributed by atoms with van der Waals surface area (Å²) < 4.78 is 5.45. The molecular formula is C13H18N2O. The van der Waals surface area contributed by atoms with Crippen LogP contribution in [0.2, 0.25) is 0 Å². The molecule has 2 fully saturated rings. The highest BCUT2D eigenvalue weighted by atomic mass is 16.5. The molecule has 1 spiro atoms. The molecular weight excluding hydrogens is 200 g/mol. The molecule has 1 saturated carbocycles. The zero-order valence-electron chi connectivity index (χ0n) is 9.48. The maximum Gasteiger partial charge on any atom is 0.119 e. The average Bonchev–Trinajstić information content (AvgIpc) is 3.05. The number of hydrogen-bond acceptors (Lipinski definition) is 3. The van der Waals surface area contributed by atoms with Crippen LogP contribution in [0, 0.1) is 5.41 Å². The summed E-state index contributed by atoms with van der Waals surface area (Å²) in [6.45, 7) is 3.65. The Balaban J connectivity index is 1.59. The predicted molar refractivity (Wildman–Crippen MR) is 64.9 cm³/mol. The van der Waals surface area contributed by atoms with E-state index in [1.54, 1.807) is 0 Å². The van der Waals surface area contributed by atoms with Crippen molar-refractivity contribution >= 4 is 5.69 Å². The third-order valence-electron chi connectivity index (χ3n) is 3.60. The van der Waals surface area contributed by atoms with Gasteiger partial charge in [0.1, 0.15) is 12.4 Å². The van der Waals surface area contributed by atoms with Crippen LogP contribution in [0.3, 0.4) is 0 Å². The zero-order valence-corrected chi connectivity index (χ0v) is 9.48. The van der Waals surface area contributed by atoms with Gasteiger partial charge in [0.2, 0.25) is 0 Å². The Hall–Kier alpha value is -1.22. The van der Waals surface area contributed by atoms with Gasteiger partial charge in [-0.2, -0.15) is 0 Å². The lowest BCUT2D eigenvalue weighted by atomic mass is 9.96. The molecule has 3 rings (SSSR count). The first-order chi connectivity index (χ1) is 7.81. The molecule has 1 aromatic rings. The van der Waals surface area contributed by atoms with E-state index in [-0.39, 0.29) is 0 Å². The fraction of sp³-hybridized carbons (Fsp3) is 0.538. The second-order valence-corrected chi connectivity index (χ2v) is 4.99. The molecule has 0 amide bonds. The van der Waals surface area contributed by atoms with E-state index in [0.717, 1.165) is 5.75 Å². The topological polar surface area (TPSA) is 38.5 Å². The normalized spacial score (nSPS) is 20.7. The van der Waals surface area contributed by atoms with E-state index >= 15 is 0 Å². The highest BCUT2D eigenvalue weighted by Gasteiger charge is 2.52. The molecule has 0 atom stereocenters. The van der Waals surface area contributed by atoms with E-state index in [4.69, 9.17) is 10.5 Å². The van der Waals surface area contributed by atoms with Crippen LogP contribution in [0.5, 0.6) is 5.75 Å². The van der Waals surface area contributed by atoms with Crippen molar-refractivity contribution in [3.05, 3.63) is 24.3 Å². The summed E-state index contributed by atoms with van der Waals surface area (Å²) in [6, 6.07) is 8.34. The number of nitrogens with two attached hydrogens (primary N) is 1. The number of nitrogens with zero attached hydrogens (tertiary/aromatic N) is 1. The van der Waals surface area contributed by atoms with E-state index in [2.05, 4.69) is 17.0 Å². The van der Waals surface area contributed by atoms with Gasteiger partial charge in [-0.05, 0) is 37.1 Å². The Morgan fingerprint density at radius 2 is 1.88 bits per heavy atom. The lowest BCUT2D eigenvalue weighted by molar-refractivity contribution is 0.328. The summed E-state index contributed by atoms with van der Waals surface area (Å²) in [5.41, 5.74) is 7.42. The number of rotatable bonds is 4. The molecule has 16 heavy (non-hydrogen) atoms. The molecule has 2 aliphatic rings. The maximum absolute atomic E-state index is 5.45. The van der Waals surface area contributed by atoms with Crippen LogP contribution >= 0.6 is 0 Å². The van der Waals surface area contributed by atoms with Crippen molar-refractivity contribution in [3.63, 3.8) is 0 Å². The zero-order chi connectivity index (χ0) is 11.0. The highest BCUT2D eigenvalue weighted by molar-refractivity contribution is 5.52. The Bertz CT molecular complexity index is 362. The van der Waals surface area contributed by atoms with Crippen molar-refractivity contribution in [2.75, 3.05) is 31.1 Å². The second kappa shape index (κ2) is 3.67. The van der Waals surface area contributed by atoms with Gasteiger partial charge in [-0.1, -0.05) is 0 Å². The average molecular weight is 218 g/mol. The van der Waals surface area contributed by atoms with Crippen LogP contribution in [-0.4, -0.2) is 26.2 Å². The molecule has 2 N–H and O–H groups in total. The monoisotopic (exact) mass is 218 g/mol. The van der Waals surface area contributed by atoms with Gasteiger partial charge in [0, 0.05) is 30.7 Å². The van der Waals surface area contributed by atoms with E-state index in [1.807, 2.05) is 12.1 Å². The van der Waals surface area contributed by atoms with Crippen molar-refractivity contribution in [2.24, 2.45) is 11.1 Å². The first kappa shape index (κ1) is 9.97. The maximum atomic E-state index is 5.45. The number of anilines is 1. The molecule has 0 aromatic heterocycles. The summed E-state index contributed by atoms with van der Waals surface area (Å²) in [7, 11) is 0. The molecule has 3 nitrogen and oxygen atoms in total. The van der Waals surface area contributed by atoms with Crippen molar-refractivity contribution in [1.29, 1.82) is 0 Å². The molecule has 1 saturated heterocycles. The summed E-state index contributed by atoms with van der Waals surface area (Å²) in [5.74, 6) is 0.913. The molecule has 1 aromatic carbocycles. The van der Waals surface area contributed by atoms with Gasteiger partial charge >= 0.3 is 0 Å². The predicted octanol–water partition coefficient (Wildman–Crippen LogP) is 1.62. The van der Waals surface area contributed by atoms with Gasteiger partial charge in [0.25, 0.3) is 0 Å². The highest BCUT2D eigenvalue weighted by Crippen LogP contribution is 2.53. The van der Waals surface area contributed by atoms with Crippen molar-refractivity contribution in [1.82, 2.24) is 0 Å². The minimum Gasteiger partial charge on any atom is -0.492 e. The lowest BCUT2D eigenvalue weighted by Crippen LogP contribution is -2.48. The fourth-order valence-electron chi connectivity index (χ4n) is 2.37. The van der Waals surface area contributed by atoms with Crippen LogP contribution in [-0.2, 0) is 0 Å². The van der Waals surface area contributed by atoms with Gasteiger partial charge in [0.15, 0.2) is 0 Å².